The molecule has 0 heterocycles. The second-order valence-electron chi connectivity index (χ2n) is 4.98. The number of hydrogen-bond donors (Lipinski definition) is 2. The lowest BCUT2D eigenvalue weighted by molar-refractivity contribution is 0.355. The van der Waals surface area contributed by atoms with E-state index in [9.17, 15) is 0 Å². The van der Waals surface area contributed by atoms with Crippen molar-refractivity contribution in [2.75, 3.05) is 20.8 Å². The van der Waals surface area contributed by atoms with E-state index in [1.807, 2.05) is 36.4 Å². The Morgan fingerprint density at radius 1 is 1.08 bits per heavy atom. The summed E-state index contributed by atoms with van der Waals surface area (Å²) in [4.78, 5) is 0. The van der Waals surface area contributed by atoms with Crippen LogP contribution in [0.15, 0.2) is 53.6 Å². The van der Waals surface area contributed by atoms with Crippen molar-refractivity contribution in [1.82, 2.24) is 10.7 Å². The predicted molar refractivity (Wildman–Crippen MR) is 101 cm³/mol. The van der Waals surface area contributed by atoms with E-state index in [1.165, 1.54) is 5.56 Å². The molecular formula is C18H21N3O2S. The van der Waals surface area contributed by atoms with E-state index in [4.69, 9.17) is 21.7 Å². The van der Waals surface area contributed by atoms with Crippen molar-refractivity contribution in [1.29, 1.82) is 0 Å². The van der Waals surface area contributed by atoms with Crippen molar-refractivity contribution in [2.45, 2.75) is 6.42 Å². The third kappa shape index (κ3) is 5.55. The second kappa shape index (κ2) is 9.52. The molecule has 0 aliphatic rings. The number of nitrogens with one attached hydrogen (secondary N) is 2. The smallest absolute Gasteiger partial charge is 0.186 e. The molecule has 2 aromatic rings. The maximum atomic E-state index is 5.25. The highest BCUT2D eigenvalue weighted by Crippen LogP contribution is 2.26. The highest BCUT2D eigenvalue weighted by atomic mass is 32.1. The molecule has 0 saturated carbocycles. The van der Waals surface area contributed by atoms with Gasteiger partial charge >= 0.3 is 0 Å². The first-order valence-electron chi connectivity index (χ1n) is 7.56. The Labute approximate surface area is 147 Å². The van der Waals surface area contributed by atoms with Crippen LogP contribution < -0.4 is 20.2 Å². The van der Waals surface area contributed by atoms with E-state index in [0.29, 0.717) is 16.6 Å². The average molecular weight is 343 g/mol. The third-order valence-electron chi connectivity index (χ3n) is 3.33. The van der Waals surface area contributed by atoms with Crippen LogP contribution in [0.2, 0.25) is 0 Å². The molecule has 0 aliphatic heterocycles. The number of nitrogens with zero attached hydrogens (tertiary/aromatic N) is 1. The molecule has 2 N–H and O–H groups in total. The van der Waals surface area contributed by atoms with Gasteiger partial charge in [0.1, 0.15) is 0 Å². The second-order valence-corrected chi connectivity index (χ2v) is 5.38. The lowest BCUT2D eigenvalue weighted by Crippen LogP contribution is -2.33. The molecule has 0 unspecified atom stereocenters. The first-order chi connectivity index (χ1) is 11.7. The fourth-order valence-corrected chi connectivity index (χ4v) is 2.26. The largest absolute Gasteiger partial charge is 0.493 e. The zero-order valence-corrected chi connectivity index (χ0v) is 14.6. The number of rotatable bonds is 7. The van der Waals surface area contributed by atoms with Gasteiger partial charge in [-0.2, -0.15) is 5.10 Å². The Morgan fingerprint density at radius 2 is 1.83 bits per heavy atom. The minimum atomic E-state index is 0.489. The molecule has 0 aliphatic carbocycles. The molecule has 0 aromatic heterocycles. The summed E-state index contributed by atoms with van der Waals surface area (Å²) in [6.07, 6.45) is 2.58. The fraction of sp³-hybridized carbons (Fsp3) is 0.222. The van der Waals surface area contributed by atoms with Crippen molar-refractivity contribution >= 4 is 23.5 Å². The Morgan fingerprint density at radius 3 is 2.54 bits per heavy atom. The first kappa shape index (κ1) is 17.7. The molecule has 24 heavy (non-hydrogen) atoms. The Kier molecular flexibility index (Phi) is 7.04. The Hall–Kier alpha value is -2.60. The summed E-state index contributed by atoms with van der Waals surface area (Å²) < 4.78 is 10.5. The summed E-state index contributed by atoms with van der Waals surface area (Å²) in [7, 11) is 3.20. The molecule has 5 nitrogen and oxygen atoms in total. The van der Waals surface area contributed by atoms with E-state index >= 15 is 0 Å². The van der Waals surface area contributed by atoms with Gasteiger partial charge in [0.2, 0.25) is 0 Å². The maximum absolute atomic E-state index is 5.25. The quantitative estimate of drug-likeness (QED) is 0.460. The molecular weight excluding hydrogens is 322 g/mol. The molecule has 0 fully saturated rings. The van der Waals surface area contributed by atoms with Gasteiger partial charge < -0.3 is 14.8 Å². The maximum Gasteiger partial charge on any atom is 0.186 e. The van der Waals surface area contributed by atoms with Gasteiger partial charge in [0.05, 0.1) is 20.4 Å². The Bertz CT molecular complexity index is 690. The predicted octanol–water partition coefficient (Wildman–Crippen LogP) is 2.74. The van der Waals surface area contributed by atoms with Crippen molar-refractivity contribution in [3.63, 3.8) is 0 Å². The van der Waals surface area contributed by atoms with Crippen molar-refractivity contribution in [3.8, 4) is 11.5 Å². The minimum Gasteiger partial charge on any atom is -0.493 e. The molecule has 2 rings (SSSR count). The number of methoxy groups -OCH3 is 2. The van der Waals surface area contributed by atoms with Gasteiger partial charge in [-0.15, -0.1) is 0 Å². The topological polar surface area (TPSA) is 54.9 Å². The van der Waals surface area contributed by atoms with E-state index in [-0.39, 0.29) is 0 Å². The average Bonchev–Trinajstić information content (AvgIpc) is 2.62. The zero-order valence-electron chi connectivity index (χ0n) is 13.8. The highest BCUT2D eigenvalue weighted by molar-refractivity contribution is 7.80. The van der Waals surface area contributed by atoms with Crippen LogP contribution in [0.1, 0.15) is 11.1 Å². The fourth-order valence-electron chi connectivity index (χ4n) is 2.10. The van der Waals surface area contributed by atoms with E-state index < -0.39 is 0 Å². The Balaban J connectivity index is 1.77. The summed E-state index contributed by atoms with van der Waals surface area (Å²) in [5, 5.41) is 7.73. The number of benzene rings is 2. The van der Waals surface area contributed by atoms with Crippen molar-refractivity contribution in [3.05, 3.63) is 59.7 Å². The molecule has 6 heteroatoms. The van der Waals surface area contributed by atoms with Crippen molar-refractivity contribution < 1.29 is 9.47 Å². The summed E-state index contributed by atoms with van der Waals surface area (Å²) in [6, 6.07) is 15.8. The SMILES string of the molecule is COc1ccc(/C=N/NC(=S)NCCc2ccccc2)cc1OC. The van der Waals surface area contributed by atoms with Crippen LogP contribution in [0.5, 0.6) is 11.5 Å². The van der Waals surface area contributed by atoms with E-state index in [2.05, 4.69) is 28.0 Å². The van der Waals surface area contributed by atoms with Gasteiger partial charge in [0, 0.05) is 6.54 Å². The van der Waals surface area contributed by atoms with Crippen LogP contribution in [-0.4, -0.2) is 32.1 Å². The molecule has 0 spiro atoms. The van der Waals surface area contributed by atoms with Crippen LogP contribution >= 0.6 is 12.2 Å². The van der Waals surface area contributed by atoms with Crippen LogP contribution in [0.3, 0.4) is 0 Å². The summed E-state index contributed by atoms with van der Waals surface area (Å²) >= 11 is 5.19. The third-order valence-corrected chi connectivity index (χ3v) is 3.56. The zero-order chi connectivity index (χ0) is 17.2. The van der Waals surface area contributed by atoms with Crippen LogP contribution in [0.25, 0.3) is 0 Å². The lowest BCUT2D eigenvalue weighted by Gasteiger charge is -2.08. The van der Waals surface area contributed by atoms with E-state index in [0.717, 1.165) is 18.5 Å². The van der Waals surface area contributed by atoms with E-state index in [1.54, 1.807) is 20.4 Å². The number of thiocarbonyl (C=S) groups is 1. The van der Waals surface area contributed by atoms with Gasteiger partial charge in [0.25, 0.3) is 0 Å². The number of hydrogen-bond acceptors (Lipinski definition) is 4. The lowest BCUT2D eigenvalue weighted by atomic mass is 10.1. The molecule has 2 aromatic carbocycles. The molecule has 126 valence electrons. The summed E-state index contributed by atoms with van der Waals surface area (Å²) in [5.41, 5.74) is 4.95. The standard InChI is InChI=1S/C18H21N3O2S/c1-22-16-9-8-15(12-17(16)23-2)13-20-21-18(24)19-11-10-14-6-4-3-5-7-14/h3-9,12-13H,10-11H2,1-2H3,(H2,19,21,24)/b20-13+. The van der Waals surface area contributed by atoms with Crippen molar-refractivity contribution in [2.24, 2.45) is 5.10 Å². The van der Waals surface area contributed by atoms with Gasteiger partial charge in [-0.05, 0) is 48.0 Å². The van der Waals surface area contributed by atoms with Gasteiger partial charge in [-0.1, -0.05) is 30.3 Å². The number of hydrazone groups is 1. The highest BCUT2D eigenvalue weighted by Gasteiger charge is 2.03. The van der Waals surface area contributed by atoms with Gasteiger partial charge in [-0.3, -0.25) is 5.43 Å². The summed E-state index contributed by atoms with van der Waals surface area (Å²) in [5.74, 6) is 1.34. The summed E-state index contributed by atoms with van der Waals surface area (Å²) in [6.45, 7) is 0.752. The molecule has 0 radical (unpaired) electrons. The molecule has 0 saturated heterocycles. The monoisotopic (exact) mass is 343 g/mol. The van der Waals surface area contributed by atoms with Gasteiger partial charge in [0.15, 0.2) is 16.6 Å². The van der Waals surface area contributed by atoms with Crippen LogP contribution in [0.4, 0.5) is 0 Å². The minimum absolute atomic E-state index is 0.489. The molecule has 0 amide bonds. The number of ether oxygens (including phenoxy) is 2. The van der Waals surface area contributed by atoms with Gasteiger partial charge in [-0.25, -0.2) is 0 Å². The molecule has 0 bridgehead atoms. The van der Waals surface area contributed by atoms with Crippen LogP contribution in [0, 0.1) is 0 Å². The molecule has 0 atom stereocenters. The normalized spacial score (nSPS) is 10.4. The first-order valence-corrected chi connectivity index (χ1v) is 7.96. The van der Waals surface area contributed by atoms with Crippen LogP contribution in [-0.2, 0) is 6.42 Å².